The molecule has 1 rings (SSSR count). The molecule has 1 aromatic carbocycles. The van der Waals surface area contributed by atoms with Crippen LogP contribution in [-0.2, 0) is 5.75 Å². The van der Waals surface area contributed by atoms with Crippen LogP contribution >= 0.6 is 11.8 Å². The van der Waals surface area contributed by atoms with E-state index in [0.717, 1.165) is 12.3 Å². The van der Waals surface area contributed by atoms with E-state index in [0.29, 0.717) is 6.04 Å². The molecule has 0 saturated carbocycles. The molecule has 0 saturated heterocycles. The molecule has 0 aromatic heterocycles. The van der Waals surface area contributed by atoms with E-state index < -0.39 is 0 Å². The highest BCUT2D eigenvalue weighted by Gasteiger charge is 2.05. The first-order valence-corrected chi connectivity index (χ1v) is 7.78. The summed E-state index contributed by atoms with van der Waals surface area (Å²) in [6.45, 7) is 7.69. The lowest BCUT2D eigenvalue weighted by atomic mass is 10.2. The molecule has 1 N–H and O–H groups in total. The fraction of sp³-hybridized carbons (Fsp3) is 0.600. The maximum Gasteiger partial charge on any atom is 0.0185 e. The number of nitrogens with one attached hydrogen (secondary N) is 1. The van der Waals surface area contributed by atoms with Gasteiger partial charge in [0.2, 0.25) is 0 Å². The first-order valence-electron chi connectivity index (χ1n) is 6.63. The molecule has 0 amide bonds. The van der Waals surface area contributed by atoms with Crippen LogP contribution in [0.15, 0.2) is 24.3 Å². The minimum Gasteiger partial charge on any atom is -0.313 e. The summed E-state index contributed by atoms with van der Waals surface area (Å²) in [5.74, 6) is 2.35. The summed E-state index contributed by atoms with van der Waals surface area (Å²) in [5.41, 5.74) is 2.81. The van der Waals surface area contributed by atoms with Crippen molar-refractivity contribution >= 4 is 11.8 Å². The second kappa shape index (κ2) is 8.60. The molecule has 0 heterocycles. The number of benzene rings is 1. The van der Waals surface area contributed by atoms with Crippen molar-refractivity contribution < 1.29 is 0 Å². The molecule has 1 aromatic rings. The number of hydrogen-bond donors (Lipinski definition) is 1. The summed E-state index contributed by atoms with van der Waals surface area (Å²) in [6.07, 6.45) is 2.55. The summed E-state index contributed by atoms with van der Waals surface area (Å²) >= 11 is 2.04. The van der Waals surface area contributed by atoms with Crippen molar-refractivity contribution in [3.05, 3.63) is 35.4 Å². The molecule has 96 valence electrons. The molecule has 0 aliphatic carbocycles. The Kier molecular flexibility index (Phi) is 7.38. The second-order valence-corrected chi connectivity index (χ2v) is 5.58. The second-order valence-electron chi connectivity index (χ2n) is 4.55. The zero-order valence-electron chi connectivity index (χ0n) is 11.3. The fourth-order valence-electron chi connectivity index (χ4n) is 2.00. The molecular formula is C15H25NS. The van der Waals surface area contributed by atoms with Gasteiger partial charge in [0.05, 0.1) is 0 Å². The first-order chi connectivity index (χ1) is 8.26. The summed E-state index contributed by atoms with van der Waals surface area (Å²) in [7, 11) is 0. The lowest BCUT2D eigenvalue weighted by molar-refractivity contribution is 0.531. The molecule has 1 atom stereocenters. The van der Waals surface area contributed by atoms with Gasteiger partial charge in [0.25, 0.3) is 0 Å². The van der Waals surface area contributed by atoms with E-state index in [2.05, 4.69) is 50.4 Å². The predicted molar refractivity (Wildman–Crippen MR) is 79.7 cm³/mol. The van der Waals surface area contributed by atoms with Gasteiger partial charge in [-0.3, -0.25) is 0 Å². The van der Waals surface area contributed by atoms with Gasteiger partial charge in [-0.2, -0.15) is 11.8 Å². The van der Waals surface area contributed by atoms with Gasteiger partial charge in [0.1, 0.15) is 0 Å². The normalized spacial score (nSPS) is 12.6. The first kappa shape index (κ1) is 14.6. The molecule has 17 heavy (non-hydrogen) atoms. The van der Waals surface area contributed by atoms with Crippen LogP contribution in [0.2, 0.25) is 0 Å². The van der Waals surface area contributed by atoms with E-state index in [-0.39, 0.29) is 0 Å². The zero-order chi connectivity index (χ0) is 12.5. The Morgan fingerprint density at radius 2 is 2.12 bits per heavy atom. The Bertz CT molecular complexity index is 306. The molecular weight excluding hydrogens is 226 g/mol. The van der Waals surface area contributed by atoms with E-state index in [9.17, 15) is 0 Å². The van der Waals surface area contributed by atoms with E-state index >= 15 is 0 Å². The number of aryl methyl sites for hydroxylation is 1. The summed E-state index contributed by atoms with van der Waals surface area (Å²) in [6, 6.07) is 9.50. The van der Waals surface area contributed by atoms with Crippen LogP contribution in [0.3, 0.4) is 0 Å². The third-order valence-electron chi connectivity index (χ3n) is 2.80. The molecule has 0 spiro atoms. The number of thioether (sulfide) groups is 1. The standard InChI is InChI=1S/C15H25NS/c1-4-7-15(16-5-2)12-17-11-14-9-6-8-13(3)10-14/h6,8-10,15-16H,4-5,7,11-12H2,1-3H3. The summed E-state index contributed by atoms with van der Waals surface area (Å²) < 4.78 is 0. The molecule has 0 fully saturated rings. The van der Waals surface area contributed by atoms with Gasteiger partial charge >= 0.3 is 0 Å². The Morgan fingerprint density at radius 1 is 1.29 bits per heavy atom. The molecule has 2 heteroatoms. The molecule has 0 aliphatic rings. The van der Waals surface area contributed by atoms with Gasteiger partial charge in [0, 0.05) is 17.5 Å². The third kappa shape index (κ3) is 6.13. The lowest BCUT2D eigenvalue weighted by Gasteiger charge is -2.16. The van der Waals surface area contributed by atoms with Gasteiger partial charge in [-0.05, 0) is 25.5 Å². The van der Waals surface area contributed by atoms with Crippen LogP contribution < -0.4 is 5.32 Å². The highest BCUT2D eigenvalue weighted by atomic mass is 32.2. The molecule has 1 unspecified atom stereocenters. The van der Waals surface area contributed by atoms with Crippen LogP contribution in [0.1, 0.15) is 37.8 Å². The van der Waals surface area contributed by atoms with Crippen molar-refractivity contribution in [1.82, 2.24) is 5.32 Å². The van der Waals surface area contributed by atoms with Crippen molar-refractivity contribution in [1.29, 1.82) is 0 Å². The minimum absolute atomic E-state index is 0.680. The van der Waals surface area contributed by atoms with Crippen molar-refractivity contribution in [2.24, 2.45) is 0 Å². The van der Waals surface area contributed by atoms with Crippen molar-refractivity contribution in [3.63, 3.8) is 0 Å². The number of rotatable bonds is 8. The van der Waals surface area contributed by atoms with Gasteiger partial charge in [0.15, 0.2) is 0 Å². The maximum absolute atomic E-state index is 3.56. The Balaban J connectivity index is 2.30. The van der Waals surface area contributed by atoms with Gasteiger partial charge in [-0.15, -0.1) is 0 Å². The molecule has 0 radical (unpaired) electrons. The SMILES string of the molecule is CCCC(CSCc1cccc(C)c1)NCC. The van der Waals surface area contributed by atoms with Crippen molar-refractivity contribution in [3.8, 4) is 0 Å². The van der Waals surface area contributed by atoms with Gasteiger partial charge < -0.3 is 5.32 Å². The quantitative estimate of drug-likeness (QED) is 0.749. The largest absolute Gasteiger partial charge is 0.313 e. The highest BCUT2D eigenvalue weighted by molar-refractivity contribution is 7.98. The van der Waals surface area contributed by atoms with Crippen LogP contribution in [0.25, 0.3) is 0 Å². The topological polar surface area (TPSA) is 12.0 Å². The van der Waals surface area contributed by atoms with Gasteiger partial charge in [-0.25, -0.2) is 0 Å². The number of hydrogen-bond acceptors (Lipinski definition) is 2. The molecule has 1 nitrogen and oxygen atoms in total. The van der Waals surface area contributed by atoms with Crippen LogP contribution in [0.5, 0.6) is 0 Å². The summed E-state index contributed by atoms with van der Waals surface area (Å²) in [4.78, 5) is 0. The van der Waals surface area contributed by atoms with Crippen LogP contribution in [0.4, 0.5) is 0 Å². The van der Waals surface area contributed by atoms with Crippen molar-refractivity contribution in [2.45, 2.75) is 45.4 Å². The minimum atomic E-state index is 0.680. The Hall–Kier alpha value is -0.470. The predicted octanol–water partition coefficient (Wildman–Crippen LogP) is 4.01. The van der Waals surface area contributed by atoms with Gasteiger partial charge in [-0.1, -0.05) is 50.1 Å². The van der Waals surface area contributed by atoms with E-state index in [4.69, 9.17) is 0 Å². The molecule has 0 bridgehead atoms. The average molecular weight is 251 g/mol. The average Bonchev–Trinajstić information content (AvgIpc) is 2.30. The maximum atomic E-state index is 3.56. The highest BCUT2D eigenvalue weighted by Crippen LogP contribution is 2.15. The summed E-state index contributed by atoms with van der Waals surface area (Å²) in [5, 5.41) is 3.56. The smallest absolute Gasteiger partial charge is 0.0185 e. The fourth-order valence-corrected chi connectivity index (χ4v) is 3.10. The van der Waals surface area contributed by atoms with E-state index in [1.54, 1.807) is 0 Å². The van der Waals surface area contributed by atoms with E-state index in [1.807, 2.05) is 11.8 Å². The Labute approximate surface area is 110 Å². The third-order valence-corrected chi connectivity index (χ3v) is 3.98. The van der Waals surface area contributed by atoms with Crippen LogP contribution in [-0.4, -0.2) is 18.3 Å². The zero-order valence-corrected chi connectivity index (χ0v) is 12.1. The van der Waals surface area contributed by atoms with Crippen LogP contribution in [0, 0.1) is 6.92 Å². The molecule has 0 aliphatic heterocycles. The van der Waals surface area contributed by atoms with E-state index in [1.165, 1.54) is 29.7 Å². The lowest BCUT2D eigenvalue weighted by Crippen LogP contribution is -2.30. The monoisotopic (exact) mass is 251 g/mol. The Morgan fingerprint density at radius 3 is 2.76 bits per heavy atom. The van der Waals surface area contributed by atoms with Crippen molar-refractivity contribution in [2.75, 3.05) is 12.3 Å².